The third-order valence-corrected chi connectivity index (χ3v) is 11.4. The maximum Gasteiger partial charge on any atom is 0.242 e. The van der Waals surface area contributed by atoms with Gasteiger partial charge in [0.2, 0.25) is 29.5 Å². The number of primary amides is 1. The number of amides is 5. The number of hydrogen-bond donors (Lipinski definition) is 6. The van der Waals surface area contributed by atoms with E-state index in [-0.39, 0.29) is 77.6 Å². The average Bonchev–Trinajstić information content (AvgIpc) is 3.39. The van der Waals surface area contributed by atoms with Gasteiger partial charge in [-0.1, -0.05) is 0 Å². The number of imide groups is 1. The number of likely N-dealkylation sites (tertiary alicyclic amines) is 1. The highest BCUT2D eigenvalue weighted by atomic mass is 32.2. The lowest BCUT2D eigenvalue weighted by molar-refractivity contribution is -0.139. The van der Waals surface area contributed by atoms with Gasteiger partial charge in [-0.3, -0.25) is 43.8 Å². The van der Waals surface area contributed by atoms with Crippen LogP contribution in [0.15, 0.2) is 0 Å². The molecule has 3 atom stereocenters. The zero-order valence-corrected chi connectivity index (χ0v) is 35.3. The molecular weight excluding hydrogens is 743 g/mol. The summed E-state index contributed by atoms with van der Waals surface area (Å²) in [5, 5.41) is 11.3. The highest BCUT2D eigenvalue weighted by Crippen LogP contribution is 2.32. The van der Waals surface area contributed by atoms with Crippen LogP contribution in [-0.4, -0.2) is 133 Å². The van der Waals surface area contributed by atoms with E-state index in [1.165, 1.54) is 16.7 Å². The molecule has 1 unspecified atom stereocenters. The molecule has 2 rings (SSSR count). The van der Waals surface area contributed by atoms with Crippen LogP contribution in [0, 0.1) is 11.8 Å². The predicted octanol–water partition coefficient (Wildman–Crippen LogP) is 0.965. The predicted molar refractivity (Wildman–Crippen MR) is 215 cm³/mol. The van der Waals surface area contributed by atoms with Crippen molar-refractivity contribution in [2.24, 2.45) is 23.3 Å². The fourth-order valence-electron chi connectivity index (χ4n) is 6.61. The molecule has 0 aromatic rings. The SMILES string of the molecule is CC(=O)C1CCC(CN2C(=O)CC(SC[C@@H](N)C(=O)NCCCC[C@H](NC(C)(C)C(=O)CCC(=O)NCCOCCOCCNC(C)(C)C)C(N)=O)C2=O)CC1. The first-order chi connectivity index (χ1) is 26.3. The molecule has 0 aromatic heterocycles. The van der Waals surface area contributed by atoms with Gasteiger partial charge in [-0.2, -0.15) is 0 Å². The molecule has 1 aliphatic heterocycles. The molecule has 1 saturated carbocycles. The van der Waals surface area contributed by atoms with Gasteiger partial charge in [0.05, 0.1) is 49.3 Å². The second kappa shape index (κ2) is 24.7. The minimum absolute atomic E-state index is 0.00624. The second-order valence-electron chi connectivity index (χ2n) is 16.5. The Morgan fingerprint density at radius 2 is 1.52 bits per heavy atom. The van der Waals surface area contributed by atoms with Crippen molar-refractivity contribution in [1.82, 2.24) is 26.2 Å². The largest absolute Gasteiger partial charge is 0.378 e. The normalized spacial score (nSPS) is 20.1. The van der Waals surface area contributed by atoms with Crippen LogP contribution in [0.2, 0.25) is 0 Å². The van der Waals surface area contributed by atoms with E-state index in [0.717, 1.165) is 32.2 Å². The van der Waals surface area contributed by atoms with Crippen LogP contribution in [0.25, 0.3) is 0 Å². The first kappa shape index (κ1) is 49.2. The zero-order chi connectivity index (χ0) is 41.9. The van der Waals surface area contributed by atoms with Crippen molar-refractivity contribution in [2.75, 3.05) is 58.4 Å². The van der Waals surface area contributed by atoms with Gasteiger partial charge in [-0.15, -0.1) is 11.8 Å². The van der Waals surface area contributed by atoms with Crippen LogP contribution < -0.4 is 32.7 Å². The zero-order valence-electron chi connectivity index (χ0n) is 34.5. The summed E-state index contributed by atoms with van der Waals surface area (Å²) in [6.07, 6.45) is 4.63. The molecule has 320 valence electrons. The summed E-state index contributed by atoms with van der Waals surface area (Å²) in [6, 6.07) is -1.67. The number of carbonyl (C=O) groups is 7. The summed E-state index contributed by atoms with van der Waals surface area (Å²) in [6.45, 7) is 14.7. The van der Waals surface area contributed by atoms with Gasteiger partial charge < -0.3 is 36.9 Å². The van der Waals surface area contributed by atoms with Crippen molar-refractivity contribution in [2.45, 2.75) is 134 Å². The molecule has 17 heteroatoms. The Balaban J connectivity index is 1.59. The van der Waals surface area contributed by atoms with E-state index in [1.54, 1.807) is 20.8 Å². The smallest absolute Gasteiger partial charge is 0.242 e. The van der Waals surface area contributed by atoms with Crippen LogP contribution in [0.5, 0.6) is 0 Å². The maximum atomic E-state index is 13.0. The van der Waals surface area contributed by atoms with E-state index in [9.17, 15) is 33.6 Å². The Bertz CT molecular complexity index is 1320. The summed E-state index contributed by atoms with van der Waals surface area (Å²) >= 11 is 1.21. The number of unbranched alkanes of at least 4 members (excludes halogenated alkanes) is 1. The standard InChI is InChI=1S/C39H69N7O9S/c1-26(47)28-12-10-27(11-13-28)24-46-34(50)23-31(37(46)53)56-25-29(40)36(52)43-16-8-7-9-30(35(41)51)45-39(5,6)32(48)14-15-33(49)42-17-19-54-21-22-55-20-18-44-38(2,3)4/h27-31,44-45H,7-25,40H2,1-6H3,(H2,41,51)(H,42,49)(H,43,52)/t27?,28?,29-,30+,31?/m1/s1. The molecule has 8 N–H and O–H groups in total. The number of hydrogen-bond acceptors (Lipinski definition) is 13. The van der Waals surface area contributed by atoms with Crippen molar-refractivity contribution in [3.8, 4) is 0 Å². The monoisotopic (exact) mass is 811 g/mol. The topological polar surface area (TPSA) is 241 Å². The lowest BCUT2D eigenvalue weighted by Crippen LogP contribution is -2.55. The number of Topliss-reactive ketones (excluding diaryl/α,β-unsaturated/α-hetero) is 2. The van der Waals surface area contributed by atoms with Crippen molar-refractivity contribution in [3.05, 3.63) is 0 Å². The molecule has 1 heterocycles. The molecule has 0 aromatic carbocycles. The summed E-state index contributed by atoms with van der Waals surface area (Å²) in [5.41, 5.74) is 10.7. The molecule has 16 nitrogen and oxygen atoms in total. The fraction of sp³-hybridized carbons (Fsp3) is 0.821. The second-order valence-corrected chi connectivity index (χ2v) is 17.7. The highest BCUT2D eigenvalue weighted by molar-refractivity contribution is 8.00. The van der Waals surface area contributed by atoms with E-state index in [0.29, 0.717) is 65.3 Å². The van der Waals surface area contributed by atoms with Crippen LogP contribution in [0.3, 0.4) is 0 Å². The van der Waals surface area contributed by atoms with Crippen LogP contribution in [-0.2, 0) is 43.0 Å². The number of nitrogens with two attached hydrogens (primary N) is 2. The van der Waals surface area contributed by atoms with Crippen LogP contribution in [0.4, 0.5) is 0 Å². The Morgan fingerprint density at radius 1 is 0.875 bits per heavy atom. The van der Waals surface area contributed by atoms with Crippen LogP contribution in [0.1, 0.15) is 106 Å². The molecule has 0 spiro atoms. The number of thioether (sulfide) groups is 1. The van der Waals surface area contributed by atoms with E-state index in [1.807, 2.05) is 0 Å². The molecular formula is C39H69N7O9S. The Hall–Kier alpha value is -2.96. The third kappa shape index (κ3) is 19.0. The van der Waals surface area contributed by atoms with Crippen molar-refractivity contribution < 1.29 is 43.0 Å². The number of ketones is 2. The number of carbonyl (C=O) groups excluding carboxylic acids is 7. The fourth-order valence-corrected chi connectivity index (χ4v) is 7.73. The molecule has 0 bridgehead atoms. The summed E-state index contributed by atoms with van der Waals surface area (Å²) < 4.78 is 11.0. The quantitative estimate of drug-likeness (QED) is 0.0478. The summed E-state index contributed by atoms with van der Waals surface area (Å²) in [4.78, 5) is 88.7. The maximum absolute atomic E-state index is 13.0. The molecule has 1 saturated heterocycles. The Labute approximate surface area is 337 Å². The van der Waals surface area contributed by atoms with E-state index in [4.69, 9.17) is 20.9 Å². The van der Waals surface area contributed by atoms with E-state index < -0.39 is 28.8 Å². The Morgan fingerprint density at radius 3 is 2.12 bits per heavy atom. The van der Waals surface area contributed by atoms with Crippen molar-refractivity contribution >= 4 is 52.9 Å². The Kier molecular flexibility index (Phi) is 21.7. The van der Waals surface area contributed by atoms with Crippen molar-refractivity contribution in [3.63, 3.8) is 0 Å². The number of nitrogens with zero attached hydrogens (tertiary/aromatic N) is 1. The number of ether oxygens (including phenoxy) is 2. The van der Waals surface area contributed by atoms with Gasteiger partial charge in [-0.05, 0) is 92.4 Å². The average molecular weight is 812 g/mol. The molecule has 56 heavy (non-hydrogen) atoms. The third-order valence-electron chi connectivity index (χ3n) is 10.1. The summed E-state index contributed by atoms with van der Waals surface area (Å²) in [7, 11) is 0. The minimum Gasteiger partial charge on any atom is -0.378 e. The van der Waals surface area contributed by atoms with Crippen molar-refractivity contribution in [1.29, 1.82) is 0 Å². The van der Waals surface area contributed by atoms with Gasteiger partial charge in [0.15, 0.2) is 5.78 Å². The van der Waals surface area contributed by atoms with E-state index in [2.05, 4.69) is 42.0 Å². The van der Waals surface area contributed by atoms with Gasteiger partial charge in [0, 0.05) is 62.7 Å². The molecule has 2 fully saturated rings. The number of nitrogens with one attached hydrogen (secondary N) is 4. The molecule has 1 aliphatic carbocycles. The lowest BCUT2D eigenvalue weighted by Gasteiger charge is -2.29. The lowest BCUT2D eigenvalue weighted by atomic mass is 9.80. The van der Waals surface area contributed by atoms with Gasteiger partial charge in [0.1, 0.15) is 5.78 Å². The minimum atomic E-state index is -1.11. The highest BCUT2D eigenvalue weighted by Gasteiger charge is 2.41. The van der Waals surface area contributed by atoms with Gasteiger partial charge >= 0.3 is 0 Å². The van der Waals surface area contributed by atoms with Gasteiger partial charge in [-0.25, -0.2) is 0 Å². The molecule has 0 radical (unpaired) electrons. The first-order valence-electron chi connectivity index (χ1n) is 20.1. The van der Waals surface area contributed by atoms with Gasteiger partial charge in [0.25, 0.3) is 0 Å². The first-order valence-corrected chi connectivity index (χ1v) is 21.1. The molecule has 2 aliphatic rings. The van der Waals surface area contributed by atoms with E-state index >= 15 is 0 Å². The summed E-state index contributed by atoms with van der Waals surface area (Å²) in [5.74, 6) is -1.33. The van der Waals surface area contributed by atoms with Crippen LogP contribution >= 0.6 is 11.8 Å². The molecule has 5 amide bonds. The number of rotatable bonds is 28.